The third-order valence-corrected chi connectivity index (χ3v) is 4.57. The fourth-order valence-corrected chi connectivity index (χ4v) is 3.43. The second kappa shape index (κ2) is 6.85. The molecule has 19 heavy (non-hydrogen) atoms. The Morgan fingerprint density at radius 2 is 2.42 bits per heavy atom. The quantitative estimate of drug-likeness (QED) is 0.813. The van der Waals surface area contributed by atoms with Crippen molar-refractivity contribution in [2.24, 2.45) is 5.92 Å². The fourth-order valence-electron chi connectivity index (χ4n) is 2.41. The molecule has 0 saturated heterocycles. The highest BCUT2D eigenvalue weighted by atomic mass is 32.1. The van der Waals surface area contributed by atoms with E-state index in [9.17, 15) is 4.79 Å². The number of aryl methyl sites for hydroxylation is 2. The highest BCUT2D eigenvalue weighted by Crippen LogP contribution is 2.20. The van der Waals surface area contributed by atoms with Crippen molar-refractivity contribution in [3.8, 4) is 0 Å². The number of carbonyl (C=O) groups is 1. The number of amides is 1. The maximum atomic E-state index is 11.8. The first-order chi connectivity index (χ1) is 9.19. The first-order valence-electron chi connectivity index (χ1n) is 7.07. The van der Waals surface area contributed by atoms with E-state index in [1.54, 1.807) is 11.3 Å². The summed E-state index contributed by atoms with van der Waals surface area (Å²) in [6, 6.07) is 0. The van der Waals surface area contributed by atoms with E-state index in [2.05, 4.69) is 36.3 Å². The van der Waals surface area contributed by atoms with Gasteiger partial charge in [0.15, 0.2) is 0 Å². The van der Waals surface area contributed by atoms with E-state index in [0.29, 0.717) is 18.9 Å². The molecular weight excluding hydrogens is 256 g/mol. The molecule has 0 saturated carbocycles. The lowest BCUT2D eigenvalue weighted by atomic mass is 10.1. The van der Waals surface area contributed by atoms with Gasteiger partial charge in [-0.05, 0) is 32.1 Å². The number of hydrogen-bond donors (Lipinski definition) is 1. The van der Waals surface area contributed by atoms with Crippen LogP contribution in [-0.4, -0.2) is 17.4 Å². The Morgan fingerprint density at radius 1 is 1.58 bits per heavy atom. The molecule has 1 aromatic heterocycles. The molecule has 0 aromatic carbocycles. The normalized spacial score (nSPS) is 17.9. The molecule has 0 spiro atoms. The van der Waals surface area contributed by atoms with E-state index in [1.165, 1.54) is 10.6 Å². The van der Waals surface area contributed by atoms with Crippen LogP contribution in [0.3, 0.4) is 0 Å². The largest absolute Gasteiger partial charge is 0.356 e. The zero-order valence-corrected chi connectivity index (χ0v) is 12.6. The minimum Gasteiger partial charge on any atom is -0.356 e. The van der Waals surface area contributed by atoms with Gasteiger partial charge in [-0.3, -0.25) is 4.79 Å². The number of aromatic nitrogens is 1. The standard InChI is InChI=1S/C15H22N2OS/c1-3-13-11(2)19-15(17-13)8-9-16-14(18)10-12-6-4-5-7-12/h4,6,12H,3,5,7-10H2,1-2H3,(H,16,18)/t12-/m1/s1. The Morgan fingerprint density at radius 3 is 3.05 bits per heavy atom. The number of allylic oxidation sites excluding steroid dienone is 2. The molecule has 1 N–H and O–H groups in total. The Labute approximate surface area is 119 Å². The van der Waals surface area contributed by atoms with Crippen molar-refractivity contribution in [1.82, 2.24) is 10.3 Å². The number of hydrogen-bond acceptors (Lipinski definition) is 3. The summed E-state index contributed by atoms with van der Waals surface area (Å²) in [5, 5.41) is 4.13. The van der Waals surface area contributed by atoms with Crippen molar-refractivity contribution in [3.63, 3.8) is 0 Å². The first kappa shape index (κ1) is 14.3. The second-order valence-corrected chi connectivity index (χ2v) is 6.32. The number of carbonyl (C=O) groups excluding carboxylic acids is 1. The third kappa shape index (κ3) is 4.16. The van der Waals surface area contributed by atoms with E-state index in [4.69, 9.17) is 0 Å². The van der Waals surface area contributed by atoms with Crippen molar-refractivity contribution in [2.75, 3.05) is 6.54 Å². The van der Waals surface area contributed by atoms with Gasteiger partial charge in [0.05, 0.1) is 10.7 Å². The molecule has 0 fully saturated rings. The van der Waals surface area contributed by atoms with Crippen LogP contribution in [-0.2, 0) is 17.6 Å². The number of rotatable bonds is 6. The van der Waals surface area contributed by atoms with Gasteiger partial charge in [0.2, 0.25) is 5.91 Å². The van der Waals surface area contributed by atoms with Gasteiger partial charge in [0.25, 0.3) is 0 Å². The smallest absolute Gasteiger partial charge is 0.220 e. The fraction of sp³-hybridized carbons (Fsp3) is 0.600. The summed E-state index contributed by atoms with van der Waals surface area (Å²) in [6.45, 7) is 4.94. The maximum absolute atomic E-state index is 11.8. The minimum absolute atomic E-state index is 0.167. The van der Waals surface area contributed by atoms with E-state index in [-0.39, 0.29) is 5.91 Å². The molecule has 3 nitrogen and oxygen atoms in total. The highest BCUT2D eigenvalue weighted by molar-refractivity contribution is 7.11. The summed E-state index contributed by atoms with van der Waals surface area (Å²) >= 11 is 1.75. The molecule has 0 radical (unpaired) electrons. The minimum atomic E-state index is 0.167. The van der Waals surface area contributed by atoms with Gasteiger partial charge in [-0.2, -0.15) is 0 Å². The van der Waals surface area contributed by atoms with Crippen LogP contribution < -0.4 is 5.32 Å². The average Bonchev–Trinajstić information content (AvgIpc) is 2.99. The van der Waals surface area contributed by atoms with E-state index < -0.39 is 0 Å². The van der Waals surface area contributed by atoms with Crippen LogP contribution in [0.4, 0.5) is 0 Å². The summed E-state index contributed by atoms with van der Waals surface area (Å²) in [4.78, 5) is 17.6. The zero-order valence-electron chi connectivity index (χ0n) is 11.7. The average molecular weight is 278 g/mol. The molecule has 104 valence electrons. The molecule has 0 aliphatic heterocycles. The van der Waals surface area contributed by atoms with Crippen LogP contribution in [0.25, 0.3) is 0 Å². The van der Waals surface area contributed by atoms with Gasteiger partial charge in [-0.25, -0.2) is 4.98 Å². The predicted molar refractivity (Wildman–Crippen MR) is 79.4 cm³/mol. The van der Waals surface area contributed by atoms with E-state index in [0.717, 1.165) is 30.7 Å². The lowest BCUT2D eigenvalue weighted by Crippen LogP contribution is -2.26. The Bertz CT molecular complexity index is 465. The van der Waals surface area contributed by atoms with E-state index >= 15 is 0 Å². The van der Waals surface area contributed by atoms with Crippen LogP contribution in [0.2, 0.25) is 0 Å². The Kier molecular flexibility index (Phi) is 5.14. The highest BCUT2D eigenvalue weighted by Gasteiger charge is 2.13. The summed E-state index contributed by atoms with van der Waals surface area (Å²) in [7, 11) is 0. The Hall–Kier alpha value is -1.16. The molecule has 1 atom stereocenters. The summed E-state index contributed by atoms with van der Waals surface area (Å²) in [5.41, 5.74) is 1.20. The van der Waals surface area contributed by atoms with Gasteiger partial charge in [0, 0.05) is 24.3 Å². The van der Waals surface area contributed by atoms with Gasteiger partial charge in [0.1, 0.15) is 0 Å². The van der Waals surface area contributed by atoms with Crippen molar-refractivity contribution in [2.45, 2.75) is 46.0 Å². The number of nitrogens with zero attached hydrogens (tertiary/aromatic N) is 1. The summed E-state index contributed by atoms with van der Waals surface area (Å²) in [6.07, 6.45) is 9.04. The molecular formula is C15H22N2OS. The van der Waals surface area contributed by atoms with E-state index in [1.807, 2.05) is 0 Å². The van der Waals surface area contributed by atoms with Crippen molar-refractivity contribution >= 4 is 17.2 Å². The monoisotopic (exact) mass is 278 g/mol. The molecule has 0 unspecified atom stereocenters. The molecule has 1 heterocycles. The van der Waals surface area contributed by atoms with Crippen LogP contribution in [0, 0.1) is 12.8 Å². The lowest BCUT2D eigenvalue weighted by molar-refractivity contribution is -0.121. The summed E-state index contributed by atoms with van der Waals surface area (Å²) < 4.78 is 0. The molecule has 1 amide bonds. The van der Waals surface area contributed by atoms with Crippen LogP contribution in [0.1, 0.15) is 41.8 Å². The van der Waals surface area contributed by atoms with Gasteiger partial charge < -0.3 is 5.32 Å². The molecule has 1 aromatic rings. The van der Waals surface area contributed by atoms with Crippen LogP contribution in [0.5, 0.6) is 0 Å². The second-order valence-electron chi connectivity index (χ2n) is 5.03. The van der Waals surface area contributed by atoms with Crippen LogP contribution >= 0.6 is 11.3 Å². The number of thiazole rings is 1. The maximum Gasteiger partial charge on any atom is 0.220 e. The van der Waals surface area contributed by atoms with Crippen molar-refractivity contribution < 1.29 is 4.79 Å². The SMILES string of the molecule is CCc1nc(CCNC(=O)C[C@@H]2C=CCC2)sc1C. The molecule has 2 rings (SSSR count). The molecule has 0 bridgehead atoms. The Balaban J connectivity index is 1.70. The number of nitrogens with one attached hydrogen (secondary N) is 1. The first-order valence-corrected chi connectivity index (χ1v) is 7.89. The third-order valence-electron chi connectivity index (χ3n) is 3.49. The van der Waals surface area contributed by atoms with Crippen molar-refractivity contribution in [3.05, 3.63) is 27.7 Å². The van der Waals surface area contributed by atoms with Crippen LogP contribution in [0.15, 0.2) is 12.2 Å². The summed E-state index contributed by atoms with van der Waals surface area (Å²) in [5.74, 6) is 0.620. The van der Waals surface area contributed by atoms with Crippen molar-refractivity contribution in [1.29, 1.82) is 0 Å². The molecule has 1 aliphatic carbocycles. The predicted octanol–water partition coefficient (Wildman–Crippen LogP) is 3.03. The lowest BCUT2D eigenvalue weighted by Gasteiger charge is -2.07. The van der Waals surface area contributed by atoms with Gasteiger partial charge in [-0.1, -0.05) is 19.1 Å². The molecule has 1 aliphatic rings. The topological polar surface area (TPSA) is 42.0 Å². The van der Waals surface area contributed by atoms with Gasteiger partial charge >= 0.3 is 0 Å². The van der Waals surface area contributed by atoms with Gasteiger partial charge in [-0.15, -0.1) is 11.3 Å². The molecule has 4 heteroatoms. The zero-order chi connectivity index (χ0) is 13.7.